The number of hydrogen-bond donors (Lipinski definition) is 2. The molecule has 0 saturated carbocycles. The van der Waals surface area contributed by atoms with Crippen molar-refractivity contribution in [1.29, 1.82) is 0 Å². The highest BCUT2D eigenvalue weighted by atomic mass is 16.3. The van der Waals surface area contributed by atoms with Crippen molar-refractivity contribution in [1.82, 2.24) is 0 Å². The minimum atomic E-state index is -0.301. The van der Waals surface area contributed by atoms with Crippen LogP contribution in [0.25, 0.3) is 0 Å². The third-order valence-electron chi connectivity index (χ3n) is 2.52. The van der Waals surface area contributed by atoms with E-state index in [1.807, 2.05) is 30.6 Å². The van der Waals surface area contributed by atoms with Crippen molar-refractivity contribution >= 4 is 12.0 Å². The monoisotopic (exact) mass is 205 g/mol. The van der Waals surface area contributed by atoms with Gasteiger partial charge in [-0.2, -0.15) is 0 Å². The molecule has 1 aromatic carbocycles. The summed E-state index contributed by atoms with van der Waals surface area (Å²) in [5.41, 5.74) is 7.79. The number of aliphatic hydroxyl groups is 1. The molecule has 1 aliphatic heterocycles. The van der Waals surface area contributed by atoms with Crippen molar-refractivity contribution in [3.8, 4) is 0 Å². The molecule has 4 nitrogen and oxygen atoms in total. The lowest BCUT2D eigenvalue weighted by Crippen LogP contribution is -2.19. The Morgan fingerprint density at radius 1 is 1.53 bits per heavy atom. The summed E-state index contributed by atoms with van der Waals surface area (Å²) in [4.78, 5) is 6.23. The van der Waals surface area contributed by atoms with E-state index in [0.717, 1.165) is 24.3 Å². The average Bonchev–Trinajstić information content (AvgIpc) is 2.82. The first-order valence-electron chi connectivity index (χ1n) is 5.04. The molecule has 4 heteroatoms. The molecule has 0 saturated heterocycles. The fourth-order valence-corrected chi connectivity index (χ4v) is 1.61. The van der Waals surface area contributed by atoms with Crippen LogP contribution in [-0.4, -0.2) is 31.1 Å². The molecule has 0 aromatic heterocycles. The molecule has 0 aliphatic carbocycles. The van der Waals surface area contributed by atoms with Gasteiger partial charge in [0.05, 0.1) is 25.5 Å². The lowest BCUT2D eigenvalue weighted by Gasteiger charge is -2.16. The van der Waals surface area contributed by atoms with Gasteiger partial charge in [0, 0.05) is 12.2 Å². The first-order chi connectivity index (χ1) is 7.31. The zero-order valence-electron chi connectivity index (χ0n) is 8.50. The third-order valence-corrected chi connectivity index (χ3v) is 2.52. The van der Waals surface area contributed by atoms with Gasteiger partial charge >= 0.3 is 0 Å². The molecule has 0 bridgehead atoms. The zero-order chi connectivity index (χ0) is 10.7. The van der Waals surface area contributed by atoms with Crippen LogP contribution in [0.2, 0.25) is 0 Å². The highest BCUT2D eigenvalue weighted by Gasteiger charge is 2.10. The molecule has 1 heterocycles. The quantitative estimate of drug-likeness (QED) is 0.756. The van der Waals surface area contributed by atoms with E-state index in [2.05, 4.69) is 9.89 Å². The molecule has 80 valence electrons. The SMILES string of the molecule is NC(CO)c1cccc(N2C=NCC2)c1. The summed E-state index contributed by atoms with van der Waals surface area (Å²) < 4.78 is 0. The minimum absolute atomic E-state index is 0.0302. The zero-order valence-corrected chi connectivity index (χ0v) is 8.50. The first-order valence-corrected chi connectivity index (χ1v) is 5.04. The standard InChI is InChI=1S/C11H15N3O/c12-11(7-15)9-2-1-3-10(6-9)14-5-4-13-8-14/h1-3,6,8,11,15H,4-5,7,12H2. The first kappa shape index (κ1) is 10.1. The van der Waals surface area contributed by atoms with Gasteiger partial charge in [0.25, 0.3) is 0 Å². The number of aliphatic imine (C=N–C) groups is 1. The van der Waals surface area contributed by atoms with E-state index in [1.165, 1.54) is 0 Å². The lowest BCUT2D eigenvalue weighted by atomic mass is 10.1. The Hall–Kier alpha value is -1.39. The van der Waals surface area contributed by atoms with Crippen molar-refractivity contribution < 1.29 is 5.11 Å². The predicted octanol–water partition coefficient (Wildman–Crippen LogP) is 0.527. The molecule has 1 unspecified atom stereocenters. The molecule has 15 heavy (non-hydrogen) atoms. The summed E-state index contributed by atoms with van der Waals surface area (Å²) in [6.45, 7) is 1.73. The maximum absolute atomic E-state index is 8.98. The lowest BCUT2D eigenvalue weighted by molar-refractivity contribution is 0.268. The van der Waals surface area contributed by atoms with Gasteiger partial charge in [-0.3, -0.25) is 4.99 Å². The number of rotatable bonds is 3. The minimum Gasteiger partial charge on any atom is -0.394 e. The molecule has 1 atom stereocenters. The maximum Gasteiger partial charge on any atom is 0.0895 e. The van der Waals surface area contributed by atoms with Gasteiger partial charge in [0.15, 0.2) is 0 Å². The summed E-state index contributed by atoms with van der Waals surface area (Å²) in [6, 6.07) is 7.59. The van der Waals surface area contributed by atoms with Gasteiger partial charge in [0.1, 0.15) is 0 Å². The number of nitrogens with zero attached hydrogens (tertiary/aromatic N) is 2. The molecule has 0 radical (unpaired) electrons. The molecular formula is C11H15N3O. The third kappa shape index (κ3) is 2.16. The summed E-state index contributed by atoms with van der Waals surface area (Å²) in [5.74, 6) is 0. The van der Waals surface area contributed by atoms with E-state index < -0.39 is 0 Å². The van der Waals surface area contributed by atoms with Gasteiger partial charge in [-0.05, 0) is 17.7 Å². The second kappa shape index (κ2) is 4.42. The molecule has 1 aliphatic rings. The Labute approximate surface area is 89.0 Å². The van der Waals surface area contributed by atoms with Crippen LogP contribution < -0.4 is 10.6 Å². The Morgan fingerprint density at radius 2 is 2.40 bits per heavy atom. The van der Waals surface area contributed by atoms with Crippen molar-refractivity contribution in [2.45, 2.75) is 6.04 Å². The van der Waals surface area contributed by atoms with Crippen LogP contribution >= 0.6 is 0 Å². The van der Waals surface area contributed by atoms with Crippen LogP contribution in [0.3, 0.4) is 0 Å². The van der Waals surface area contributed by atoms with E-state index in [0.29, 0.717) is 0 Å². The van der Waals surface area contributed by atoms with E-state index in [-0.39, 0.29) is 12.6 Å². The van der Waals surface area contributed by atoms with Gasteiger partial charge in [0.2, 0.25) is 0 Å². The fraction of sp³-hybridized carbons (Fsp3) is 0.364. The highest BCUT2D eigenvalue weighted by molar-refractivity contribution is 5.81. The van der Waals surface area contributed by atoms with Crippen molar-refractivity contribution in [3.63, 3.8) is 0 Å². The smallest absolute Gasteiger partial charge is 0.0895 e. The van der Waals surface area contributed by atoms with Crippen molar-refractivity contribution in [3.05, 3.63) is 29.8 Å². The van der Waals surface area contributed by atoms with Crippen LogP contribution in [0.5, 0.6) is 0 Å². The molecule has 0 spiro atoms. The molecule has 0 amide bonds. The molecule has 1 aromatic rings. The van der Waals surface area contributed by atoms with Crippen molar-refractivity contribution in [2.24, 2.45) is 10.7 Å². The Morgan fingerprint density at radius 3 is 3.07 bits per heavy atom. The Balaban J connectivity index is 2.22. The Kier molecular flexibility index (Phi) is 2.99. The normalized spacial score (nSPS) is 17.1. The molecule has 0 fully saturated rings. The van der Waals surface area contributed by atoms with Gasteiger partial charge in [-0.15, -0.1) is 0 Å². The van der Waals surface area contributed by atoms with Crippen molar-refractivity contribution in [2.75, 3.05) is 24.6 Å². The summed E-state index contributed by atoms with van der Waals surface area (Å²) in [6.07, 6.45) is 1.84. The molecule has 3 N–H and O–H groups in total. The maximum atomic E-state index is 8.98. The van der Waals surface area contributed by atoms with Crippen LogP contribution in [0.4, 0.5) is 5.69 Å². The molecular weight excluding hydrogens is 190 g/mol. The van der Waals surface area contributed by atoms with E-state index in [4.69, 9.17) is 10.8 Å². The van der Waals surface area contributed by atoms with Crippen LogP contribution in [0.15, 0.2) is 29.3 Å². The largest absolute Gasteiger partial charge is 0.394 e. The summed E-state index contributed by atoms with van der Waals surface area (Å²) >= 11 is 0. The van der Waals surface area contributed by atoms with Crippen LogP contribution in [0.1, 0.15) is 11.6 Å². The van der Waals surface area contributed by atoms with Crippen LogP contribution in [0, 0.1) is 0 Å². The number of aliphatic hydroxyl groups excluding tert-OH is 1. The van der Waals surface area contributed by atoms with Crippen LogP contribution in [-0.2, 0) is 0 Å². The average molecular weight is 205 g/mol. The number of benzene rings is 1. The number of hydrogen-bond acceptors (Lipinski definition) is 4. The topological polar surface area (TPSA) is 61.9 Å². The van der Waals surface area contributed by atoms with E-state index in [9.17, 15) is 0 Å². The van der Waals surface area contributed by atoms with E-state index in [1.54, 1.807) is 0 Å². The highest BCUT2D eigenvalue weighted by Crippen LogP contribution is 2.19. The second-order valence-corrected chi connectivity index (χ2v) is 3.60. The van der Waals surface area contributed by atoms with Gasteiger partial charge in [-0.25, -0.2) is 0 Å². The summed E-state index contributed by atoms with van der Waals surface area (Å²) in [5, 5.41) is 8.98. The Bertz CT molecular complexity index is 365. The second-order valence-electron chi connectivity index (χ2n) is 3.60. The van der Waals surface area contributed by atoms with E-state index >= 15 is 0 Å². The molecule has 2 rings (SSSR count). The van der Waals surface area contributed by atoms with Gasteiger partial charge in [-0.1, -0.05) is 12.1 Å². The number of nitrogens with two attached hydrogens (primary N) is 1. The summed E-state index contributed by atoms with van der Waals surface area (Å²) in [7, 11) is 0. The fourth-order valence-electron chi connectivity index (χ4n) is 1.61. The number of anilines is 1. The van der Waals surface area contributed by atoms with Gasteiger partial charge < -0.3 is 15.7 Å². The predicted molar refractivity (Wildman–Crippen MR) is 61.2 cm³/mol.